The van der Waals surface area contributed by atoms with Crippen molar-refractivity contribution in [2.45, 2.75) is 51.7 Å². The highest BCUT2D eigenvalue weighted by molar-refractivity contribution is 6.08. The number of benzene rings is 1. The van der Waals surface area contributed by atoms with Crippen LogP contribution in [-0.2, 0) is 4.74 Å². The van der Waals surface area contributed by atoms with E-state index in [1.165, 1.54) is 19.5 Å². The number of amides is 2. The smallest absolute Gasteiger partial charge is 0.410 e. The molecule has 0 spiro atoms. The van der Waals surface area contributed by atoms with Gasteiger partial charge >= 0.3 is 6.09 Å². The number of methoxy groups -OCH3 is 1. The van der Waals surface area contributed by atoms with E-state index in [-0.39, 0.29) is 17.7 Å². The summed E-state index contributed by atoms with van der Waals surface area (Å²) in [6, 6.07) is 2.63. The molecule has 2 aliphatic rings. The highest BCUT2D eigenvalue weighted by atomic mass is 19.1. The molecule has 5 rings (SSSR count). The molecule has 10 nitrogen and oxygen atoms in total. The Labute approximate surface area is 219 Å². The normalized spacial score (nSPS) is 17.5. The number of fused-ring (bicyclic) bond motifs is 1. The van der Waals surface area contributed by atoms with Crippen LogP contribution in [0.1, 0.15) is 50.4 Å². The molecule has 2 fully saturated rings. The van der Waals surface area contributed by atoms with Gasteiger partial charge in [0.1, 0.15) is 28.9 Å². The molecule has 11 heteroatoms. The maximum absolute atomic E-state index is 14.5. The molecule has 1 aliphatic carbocycles. The number of likely N-dealkylation sites (tertiary alicyclic amines) is 1. The summed E-state index contributed by atoms with van der Waals surface area (Å²) in [7, 11) is 1.40. The zero-order chi connectivity index (χ0) is 27.0. The molecule has 0 radical (unpaired) electrons. The predicted octanol–water partition coefficient (Wildman–Crippen LogP) is 4.30. The summed E-state index contributed by atoms with van der Waals surface area (Å²) in [5, 5.41) is 2.99. The minimum atomic E-state index is -0.586. The van der Waals surface area contributed by atoms with Crippen LogP contribution in [0.15, 0.2) is 24.7 Å². The van der Waals surface area contributed by atoms with Gasteiger partial charge in [0, 0.05) is 37.0 Å². The van der Waals surface area contributed by atoms with Crippen LogP contribution >= 0.6 is 0 Å². The summed E-state index contributed by atoms with van der Waals surface area (Å²) in [6.07, 6.45) is 5.35. The monoisotopic (exact) mass is 525 g/mol. The van der Waals surface area contributed by atoms with Crippen molar-refractivity contribution < 1.29 is 28.2 Å². The van der Waals surface area contributed by atoms with Gasteiger partial charge in [-0.15, -0.1) is 0 Å². The lowest BCUT2D eigenvalue weighted by Crippen LogP contribution is -2.40. The summed E-state index contributed by atoms with van der Waals surface area (Å²) < 4.78 is 31.1. The van der Waals surface area contributed by atoms with E-state index >= 15 is 0 Å². The summed E-state index contributed by atoms with van der Waals surface area (Å²) in [4.78, 5) is 39.1. The molecule has 1 atom stereocenters. The van der Waals surface area contributed by atoms with Crippen molar-refractivity contribution in [1.82, 2.24) is 25.2 Å². The lowest BCUT2D eigenvalue weighted by molar-refractivity contribution is 0.0290. The van der Waals surface area contributed by atoms with Gasteiger partial charge in [-0.3, -0.25) is 4.79 Å². The minimum Gasteiger partial charge on any atom is -0.494 e. The third-order valence-corrected chi connectivity index (χ3v) is 6.56. The van der Waals surface area contributed by atoms with Gasteiger partial charge in [0.05, 0.1) is 24.8 Å². The van der Waals surface area contributed by atoms with Crippen LogP contribution < -0.4 is 14.8 Å². The van der Waals surface area contributed by atoms with Crippen LogP contribution in [-0.4, -0.2) is 70.3 Å². The second-order valence-corrected chi connectivity index (χ2v) is 10.8. The minimum absolute atomic E-state index is 0.0610. The van der Waals surface area contributed by atoms with Crippen molar-refractivity contribution >= 4 is 23.0 Å². The maximum atomic E-state index is 14.5. The van der Waals surface area contributed by atoms with Crippen LogP contribution in [0.5, 0.6) is 11.5 Å². The molecule has 1 unspecified atom stereocenters. The number of aromatic nitrogens is 3. The molecule has 1 saturated heterocycles. The third-order valence-electron chi connectivity index (χ3n) is 6.56. The highest BCUT2D eigenvalue weighted by Crippen LogP contribution is 2.39. The molecule has 38 heavy (non-hydrogen) atoms. The van der Waals surface area contributed by atoms with Gasteiger partial charge < -0.3 is 29.4 Å². The van der Waals surface area contributed by atoms with Crippen LogP contribution in [0.4, 0.5) is 9.18 Å². The number of carbonyl (C=O) groups excluding carboxylic acids is 2. The molecular weight excluding hydrogens is 493 g/mol. The first-order valence-corrected chi connectivity index (χ1v) is 12.7. The average molecular weight is 526 g/mol. The number of carbonyl (C=O) groups is 2. The van der Waals surface area contributed by atoms with E-state index in [1.54, 1.807) is 17.2 Å². The number of halogens is 1. The largest absolute Gasteiger partial charge is 0.494 e. The molecule has 2 amide bonds. The van der Waals surface area contributed by atoms with E-state index in [1.807, 2.05) is 20.8 Å². The topological polar surface area (TPSA) is 119 Å². The third kappa shape index (κ3) is 5.51. The molecule has 3 heterocycles. The number of rotatable bonds is 7. The standard InChI is InChI=1S/C27H32FN5O5/c1-27(2,3)38-26(35)33-8-7-16(12-33)32-25(34)18-11-29-24-22(30-14-31-23(18)24)17-9-21(36-4)19(28)10-20(17)37-13-15-5-6-15/h9-11,14-16,29H,5-8,12-13H2,1-4H3,(H,32,34). The Morgan fingerprint density at radius 1 is 1.18 bits per heavy atom. The van der Waals surface area contributed by atoms with E-state index in [4.69, 9.17) is 14.2 Å². The fourth-order valence-corrected chi connectivity index (χ4v) is 4.44. The molecule has 0 bridgehead atoms. The zero-order valence-corrected chi connectivity index (χ0v) is 22.0. The quantitative estimate of drug-likeness (QED) is 0.472. The second kappa shape index (κ2) is 10.1. The van der Waals surface area contributed by atoms with Crippen LogP contribution in [0.25, 0.3) is 22.3 Å². The van der Waals surface area contributed by atoms with E-state index in [2.05, 4.69) is 20.3 Å². The Morgan fingerprint density at radius 3 is 2.68 bits per heavy atom. The van der Waals surface area contributed by atoms with Gasteiger partial charge in [-0.2, -0.15) is 0 Å². The Kier molecular flexibility index (Phi) is 6.85. The van der Waals surface area contributed by atoms with Gasteiger partial charge in [-0.25, -0.2) is 19.2 Å². The fraction of sp³-hybridized carbons (Fsp3) is 0.481. The summed E-state index contributed by atoms with van der Waals surface area (Å²) in [5.41, 5.74) is 1.70. The number of H-pyrrole nitrogens is 1. The first kappa shape index (κ1) is 25.7. The molecule has 1 aliphatic heterocycles. The molecule has 1 aromatic carbocycles. The van der Waals surface area contributed by atoms with E-state index in [0.717, 1.165) is 12.8 Å². The van der Waals surface area contributed by atoms with Crippen molar-refractivity contribution in [1.29, 1.82) is 0 Å². The Hall–Kier alpha value is -3.89. The summed E-state index contributed by atoms with van der Waals surface area (Å²) >= 11 is 0. The number of aromatic amines is 1. The molecular formula is C27H32FN5O5. The van der Waals surface area contributed by atoms with Crippen LogP contribution in [0.3, 0.4) is 0 Å². The van der Waals surface area contributed by atoms with Crippen molar-refractivity contribution in [3.8, 4) is 22.8 Å². The fourth-order valence-electron chi connectivity index (χ4n) is 4.44. The number of nitrogens with zero attached hydrogens (tertiary/aromatic N) is 3. The first-order valence-electron chi connectivity index (χ1n) is 12.7. The van der Waals surface area contributed by atoms with Crippen molar-refractivity contribution in [3.63, 3.8) is 0 Å². The number of hydrogen-bond acceptors (Lipinski definition) is 7. The van der Waals surface area contributed by atoms with E-state index < -0.39 is 17.5 Å². The molecule has 2 N–H and O–H groups in total. The molecule has 3 aromatic rings. The molecule has 2 aromatic heterocycles. The maximum Gasteiger partial charge on any atom is 0.410 e. The SMILES string of the molecule is COc1cc(-c2ncnc3c(C(=O)NC4CCN(C(=O)OC(C)(C)C)C4)c[nH]c23)c(OCC2CC2)cc1F. The van der Waals surface area contributed by atoms with Gasteiger partial charge in [0.15, 0.2) is 11.6 Å². The van der Waals surface area contributed by atoms with Crippen molar-refractivity contribution in [3.05, 3.63) is 36.0 Å². The molecule has 202 valence electrons. The number of nitrogens with one attached hydrogen (secondary N) is 2. The van der Waals surface area contributed by atoms with Gasteiger partial charge in [-0.1, -0.05) is 0 Å². The zero-order valence-electron chi connectivity index (χ0n) is 22.0. The highest BCUT2D eigenvalue weighted by Gasteiger charge is 2.31. The molecule has 1 saturated carbocycles. The van der Waals surface area contributed by atoms with Crippen LogP contribution in [0, 0.1) is 11.7 Å². The van der Waals surface area contributed by atoms with Crippen molar-refractivity contribution in [2.75, 3.05) is 26.8 Å². The number of ether oxygens (including phenoxy) is 3. The predicted molar refractivity (Wildman–Crippen MR) is 138 cm³/mol. The van der Waals surface area contributed by atoms with Crippen LogP contribution in [0.2, 0.25) is 0 Å². The number of hydrogen-bond donors (Lipinski definition) is 2. The lowest BCUT2D eigenvalue weighted by atomic mass is 10.1. The van der Waals surface area contributed by atoms with E-state index in [0.29, 0.717) is 65.6 Å². The lowest BCUT2D eigenvalue weighted by Gasteiger charge is -2.24. The van der Waals surface area contributed by atoms with Gasteiger partial charge in [-0.05, 0) is 52.0 Å². The first-order chi connectivity index (χ1) is 18.1. The summed E-state index contributed by atoms with van der Waals surface area (Å²) in [6.45, 7) is 6.80. The Balaban J connectivity index is 1.37. The summed E-state index contributed by atoms with van der Waals surface area (Å²) in [5.74, 6) is 0.0330. The van der Waals surface area contributed by atoms with Gasteiger partial charge in [0.2, 0.25) is 0 Å². The van der Waals surface area contributed by atoms with Crippen molar-refractivity contribution in [2.24, 2.45) is 5.92 Å². The second-order valence-electron chi connectivity index (χ2n) is 10.8. The van der Waals surface area contributed by atoms with E-state index in [9.17, 15) is 14.0 Å². The Morgan fingerprint density at radius 2 is 1.97 bits per heavy atom. The average Bonchev–Trinajstić information content (AvgIpc) is 3.39. The Bertz CT molecular complexity index is 1360. The van der Waals surface area contributed by atoms with Gasteiger partial charge in [0.25, 0.3) is 5.91 Å².